The van der Waals surface area contributed by atoms with E-state index in [4.69, 9.17) is 11.0 Å². The largest absolute Gasteiger partial charge is 0.397 e. The molecule has 96 valence electrons. The third kappa shape index (κ3) is 2.54. The Bertz CT molecular complexity index is 455. The second-order valence-corrected chi connectivity index (χ2v) is 4.87. The molecule has 2 N–H and O–H groups in total. The molecule has 0 spiro atoms. The third-order valence-electron chi connectivity index (χ3n) is 3.35. The molecule has 0 amide bonds. The van der Waals surface area contributed by atoms with E-state index < -0.39 is 0 Å². The fraction of sp³-hybridized carbons (Fsp3) is 0.538. The zero-order valence-corrected chi connectivity index (χ0v) is 10.9. The first-order chi connectivity index (χ1) is 8.61. The molecule has 0 aromatic carbocycles. The van der Waals surface area contributed by atoms with Crippen LogP contribution >= 0.6 is 0 Å². The van der Waals surface area contributed by atoms with Crippen LogP contribution in [-0.4, -0.2) is 42.1 Å². The molecule has 0 bridgehead atoms. The summed E-state index contributed by atoms with van der Waals surface area (Å²) in [5.41, 5.74) is 6.76. The maximum atomic E-state index is 9.13. The molecule has 5 nitrogen and oxygen atoms in total. The summed E-state index contributed by atoms with van der Waals surface area (Å²) in [6, 6.07) is 4.43. The van der Waals surface area contributed by atoms with Gasteiger partial charge in [-0.3, -0.25) is 4.90 Å². The van der Waals surface area contributed by atoms with E-state index in [9.17, 15) is 0 Å². The zero-order chi connectivity index (χ0) is 13.1. The van der Waals surface area contributed by atoms with Crippen LogP contribution in [0, 0.1) is 11.3 Å². The van der Waals surface area contributed by atoms with Crippen molar-refractivity contribution in [2.75, 3.05) is 36.8 Å². The molecule has 2 heterocycles. The van der Waals surface area contributed by atoms with Gasteiger partial charge in [-0.2, -0.15) is 5.26 Å². The molecule has 0 atom stereocenters. The van der Waals surface area contributed by atoms with E-state index in [1.54, 1.807) is 12.3 Å². The van der Waals surface area contributed by atoms with Crippen LogP contribution in [-0.2, 0) is 0 Å². The van der Waals surface area contributed by atoms with E-state index in [0.717, 1.165) is 32.0 Å². The number of pyridine rings is 1. The summed E-state index contributed by atoms with van der Waals surface area (Å²) in [5, 5.41) is 9.13. The van der Waals surface area contributed by atoms with Crippen LogP contribution in [0.5, 0.6) is 0 Å². The lowest BCUT2D eigenvalue weighted by molar-refractivity contribution is 0.209. The molecule has 0 saturated carbocycles. The Kier molecular flexibility index (Phi) is 3.68. The molecule has 18 heavy (non-hydrogen) atoms. The molecule has 0 unspecified atom stereocenters. The van der Waals surface area contributed by atoms with Crippen molar-refractivity contribution in [2.24, 2.45) is 0 Å². The van der Waals surface area contributed by atoms with E-state index in [1.165, 1.54) is 0 Å². The van der Waals surface area contributed by atoms with Crippen molar-refractivity contribution < 1.29 is 0 Å². The van der Waals surface area contributed by atoms with Gasteiger partial charge in [0.25, 0.3) is 0 Å². The molecular weight excluding hydrogens is 226 g/mol. The highest BCUT2D eigenvalue weighted by molar-refractivity contribution is 5.59. The Balaban J connectivity index is 2.13. The predicted molar refractivity (Wildman–Crippen MR) is 72.3 cm³/mol. The number of hydrogen-bond donors (Lipinski definition) is 1. The highest BCUT2D eigenvalue weighted by Gasteiger charge is 2.21. The van der Waals surface area contributed by atoms with Crippen molar-refractivity contribution in [1.29, 1.82) is 5.26 Å². The topological polar surface area (TPSA) is 69.2 Å². The molecule has 1 fully saturated rings. The van der Waals surface area contributed by atoms with Gasteiger partial charge in [0.05, 0.1) is 17.4 Å². The minimum absolute atomic E-state index is 0.538. The van der Waals surface area contributed by atoms with Gasteiger partial charge in [-0.15, -0.1) is 0 Å². The maximum absolute atomic E-state index is 9.13. The third-order valence-corrected chi connectivity index (χ3v) is 3.35. The van der Waals surface area contributed by atoms with E-state index in [2.05, 4.69) is 34.7 Å². The van der Waals surface area contributed by atoms with Crippen molar-refractivity contribution in [3.05, 3.63) is 17.8 Å². The van der Waals surface area contributed by atoms with Crippen LogP contribution in [0.15, 0.2) is 12.3 Å². The minimum atomic E-state index is 0.538. The van der Waals surface area contributed by atoms with Crippen molar-refractivity contribution in [1.82, 2.24) is 9.88 Å². The van der Waals surface area contributed by atoms with Crippen molar-refractivity contribution in [3.63, 3.8) is 0 Å². The van der Waals surface area contributed by atoms with Crippen LogP contribution in [0.2, 0.25) is 0 Å². The zero-order valence-electron chi connectivity index (χ0n) is 10.9. The number of nitriles is 1. The summed E-state index contributed by atoms with van der Waals surface area (Å²) in [6.45, 7) is 8.24. The van der Waals surface area contributed by atoms with E-state index in [0.29, 0.717) is 17.3 Å². The minimum Gasteiger partial charge on any atom is -0.397 e. The second-order valence-electron chi connectivity index (χ2n) is 4.87. The first-order valence-electron chi connectivity index (χ1n) is 6.26. The Hall–Kier alpha value is -1.80. The smallest absolute Gasteiger partial charge is 0.146 e. The predicted octanol–water partition coefficient (Wildman–Crippen LogP) is 1.07. The van der Waals surface area contributed by atoms with Crippen LogP contribution in [0.3, 0.4) is 0 Å². The summed E-state index contributed by atoms with van der Waals surface area (Å²) >= 11 is 0. The van der Waals surface area contributed by atoms with Crippen molar-refractivity contribution >= 4 is 11.5 Å². The molecule has 1 aromatic rings. The molecule has 2 rings (SSSR count). The summed E-state index contributed by atoms with van der Waals surface area (Å²) in [5.74, 6) is 0.759. The Morgan fingerprint density at radius 2 is 2.00 bits per heavy atom. The van der Waals surface area contributed by atoms with E-state index in [1.807, 2.05) is 0 Å². The standard InChI is InChI=1S/C13H19N5/c1-10(2)17-3-5-18(6-4-17)13-11(8-14)7-12(15)9-16-13/h7,9-10H,3-6,15H2,1-2H3. The van der Waals surface area contributed by atoms with Gasteiger partial charge in [-0.25, -0.2) is 4.98 Å². The molecule has 1 aromatic heterocycles. The monoisotopic (exact) mass is 245 g/mol. The fourth-order valence-corrected chi connectivity index (χ4v) is 2.26. The normalized spacial score (nSPS) is 16.9. The molecule has 0 aliphatic carbocycles. The maximum Gasteiger partial charge on any atom is 0.146 e. The van der Waals surface area contributed by atoms with Gasteiger partial charge in [-0.1, -0.05) is 0 Å². The number of rotatable bonds is 2. The van der Waals surface area contributed by atoms with Crippen LogP contribution in [0.25, 0.3) is 0 Å². The molecule has 1 aliphatic heterocycles. The van der Waals surface area contributed by atoms with Gasteiger partial charge in [0.15, 0.2) is 0 Å². The number of aromatic nitrogens is 1. The number of piperazine rings is 1. The highest BCUT2D eigenvalue weighted by atomic mass is 15.3. The molecule has 5 heteroatoms. The fourth-order valence-electron chi connectivity index (χ4n) is 2.26. The number of nitrogen functional groups attached to an aromatic ring is 1. The Morgan fingerprint density at radius 3 is 2.56 bits per heavy atom. The number of hydrogen-bond acceptors (Lipinski definition) is 5. The number of nitrogens with zero attached hydrogens (tertiary/aromatic N) is 4. The van der Waals surface area contributed by atoms with Crippen LogP contribution in [0.4, 0.5) is 11.5 Å². The summed E-state index contributed by atoms with van der Waals surface area (Å²) in [6.07, 6.45) is 1.62. The first kappa shape index (κ1) is 12.7. The molecule has 1 saturated heterocycles. The van der Waals surface area contributed by atoms with Gasteiger partial charge in [0, 0.05) is 32.2 Å². The Morgan fingerprint density at radius 1 is 1.33 bits per heavy atom. The molecule has 0 radical (unpaired) electrons. The van der Waals surface area contributed by atoms with Gasteiger partial charge in [0.2, 0.25) is 0 Å². The van der Waals surface area contributed by atoms with Gasteiger partial charge in [0.1, 0.15) is 11.9 Å². The second kappa shape index (κ2) is 5.23. The summed E-state index contributed by atoms with van der Waals surface area (Å²) in [4.78, 5) is 8.90. The van der Waals surface area contributed by atoms with Crippen molar-refractivity contribution in [2.45, 2.75) is 19.9 Å². The van der Waals surface area contributed by atoms with Gasteiger partial charge >= 0.3 is 0 Å². The van der Waals surface area contributed by atoms with Crippen molar-refractivity contribution in [3.8, 4) is 6.07 Å². The molecular formula is C13H19N5. The van der Waals surface area contributed by atoms with Gasteiger partial charge < -0.3 is 10.6 Å². The number of nitrogens with two attached hydrogens (primary N) is 1. The van der Waals surface area contributed by atoms with E-state index >= 15 is 0 Å². The first-order valence-corrected chi connectivity index (χ1v) is 6.26. The highest BCUT2D eigenvalue weighted by Crippen LogP contribution is 2.20. The lowest BCUT2D eigenvalue weighted by Crippen LogP contribution is -2.49. The summed E-state index contributed by atoms with van der Waals surface area (Å²) < 4.78 is 0. The quantitative estimate of drug-likeness (QED) is 0.844. The SMILES string of the molecule is CC(C)N1CCN(c2ncc(N)cc2C#N)CC1. The van der Waals surface area contributed by atoms with Gasteiger partial charge in [-0.05, 0) is 19.9 Å². The summed E-state index contributed by atoms with van der Waals surface area (Å²) in [7, 11) is 0. The average molecular weight is 245 g/mol. The van der Waals surface area contributed by atoms with Crippen LogP contribution in [0.1, 0.15) is 19.4 Å². The average Bonchev–Trinajstić information content (AvgIpc) is 2.38. The lowest BCUT2D eigenvalue weighted by atomic mass is 10.2. The lowest BCUT2D eigenvalue weighted by Gasteiger charge is -2.37. The molecule has 1 aliphatic rings. The van der Waals surface area contributed by atoms with Crippen LogP contribution < -0.4 is 10.6 Å². The van der Waals surface area contributed by atoms with E-state index in [-0.39, 0.29) is 0 Å². The Labute approximate surface area is 108 Å². The number of anilines is 2.